The molecule has 1 aromatic rings. The largest absolute Gasteiger partial charge is 0.340 e. The molecule has 0 bridgehead atoms. The minimum Gasteiger partial charge on any atom is -0.340 e. The molecule has 1 aromatic heterocycles. The maximum Gasteiger partial charge on any atom is 0.253 e. The highest BCUT2D eigenvalue weighted by Gasteiger charge is 2.42. The first-order valence-electron chi connectivity index (χ1n) is 8.48. The van der Waals surface area contributed by atoms with Crippen LogP contribution in [0, 0.1) is 6.92 Å². The van der Waals surface area contributed by atoms with Gasteiger partial charge in [0.05, 0.1) is 0 Å². The third-order valence-electron chi connectivity index (χ3n) is 4.91. The Morgan fingerprint density at radius 1 is 1.25 bits per heavy atom. The van der Waals surface area contributed by atoms with E-state index in [4.69, 9.17) is 0 Å². The second kappa shape index (κ2) is 7.11. The molecule has 1 amide bonds. The number of nitrogens with one attached hydrogen (secondary N) is 1. The molecule has 8 heteroatoms. The molecule has 2 saturated heterocycles. The van der Waals surface area contributed by atoms with Crippen molar-refractivity contribution in [2.24, 2.45) is 0 Å². The molecule has 2 fully saturated rings. The topological polar surface area (TPSA) is 69.7 Å². The van der Waals surface area contributed by atoms with Crippen LogP contribution in [0.25, 0.3) is 0 Å². The molecule has 1 N–H and O–H groups in total. The van der Waals surface area contributed by atoms with E-state index in [1.165, 1.54) is 15.6 Å². The number of thiophene rings is 1. The summed E-state index contributed by atoms with van der Waals surface area (Å²) < 4.78 is 27.6. The van der Waals surface area contributed by atoms with Crippen LogP contribution in [-0.4, -0.2) is 62.3 Å². The van der Waals surface area contributed by atoms with Crippen LogP contribution in [0.2, 0.25) is 0 Å². The Morgan fingerprint density at radius 3 is 2.67 bits per heavy atom. The van der Waals surface area contributed by atoms with Gasteiger partial charge < -0.3 is 10.2 Å². The summed E-state index contributed by atoms with van der Waals surface area (Å²) in [5.41, 5.74) is 0. The molecule has 3 rings (SSSR count). The van der Waals surface area contributed by atoms with Gasteiger partial charge in [-0.2, -0.15) is 4.31 Å². The van der Waals surface area contributed by atoms with Gasteiger partial charge in [-0.05, 0) is 51.8 Å². The second-order valence-corrected chi connectivity index (χ2v) is 9.96. The Labute approximate surface area is 147 Å². The van der Waals surface area contributed by atoms with Crippen molar-refractivity contribution in [3.63, 3.8) is 0 Å². The fourth-order valence-corrected chi connectivity index (χ4v) is 6.63. The number of piperidine rings is 1. The highest BCUT2D eigenvalue weighted by molar-refractivity contribution is 7.91. The van der Waals surface area contributed by atoms with Crippen LogP contribution in [0.3, 0.4) is 0 Å². The summed E-state index contributed by atoms with van der Waals surface area (Å²) in [5, 5.41) is 3.23. The van der Waals surface area contributed by atoms with Crippen LogP contribution >= 0.6 is 11.3 Å². The van der Waals surface area contributed by atoms with E-state index in [-0.39, 0.29) is 5.91 Å². The number of likely N-dealkylation sites (tertiary alicyclic amines) is 1. The Morgan fingerprint density at radius 2 is 2.00 bits per heavy atom. The van der Waals surface area contributed by atoms with Crippen molar-refractivity contribution in [2.75, 3.05) is 26.7 Å². The zero-order chi connectivity index (χ0) is 17.3. The van der Waals surface area contributed by atoms with Crippen molar-refractivity contribution in [1.29, 1.82) is 0 Å². The van der Waals surface area contributed by atoms with E-state index < -0.39 is 16.1 Å². The maximum atomic E-state index is 13.0. The van der Waals surface area contributed by atoms with E-state index in [2.05, 4.69) is 5.32 Å². The smallest absolute Gasteiger partial charge is 0.253 e. The van der Waals surface area contributed by atoms with Gasteiger partial charge in [0.2, 0.25) is 5.91 Å². The first-order chi connectivity index (χ1) is 11.4. The summed E-state index contributed by atoms with van der Waals surface area (Å²) in [6.07, 6.45) is 3.37. The molecule has 0 aromatic carbocycles. The number of aryl methyl sites for hydroxylation is 1. The van der Waals surface area contributed by atoms with Crippen LogP contribution in [0.4, 0.5) is 0 Å². The fourth-order valence-electron chi connectivity index (χ4n) is 3.56. The van der Waals surface area contributed by atoms with Gasteiger partial charge in [0.1, 0.15) is 10.3 Å². The van der Waals surface area contributed by atoms with Crippen molar-refractivity contribution >= 4 is 27.3 Å². The second-order valence-electron chi connectivity index (χ2n) is 6.55. The van der Waals surface area contributed by atoms with E-state index in [9.17, 15) is 13.2 Å². The number of nitrogens with zero attached hydrogens (tertiary/aromatic N) is 2. The Bertz CT molecular complexity index is 701. The predicted molar refractivity (Wildman–Crippen MR) is 94.6 cm³/mol. The molecule has 2 aliphatic rings. The van der Waals surface area contributed by atoms with Crippen LogP contribution in [-0.2, 0) is 14.8 Å². The summed E-state index contributed by atoms with van der Waals surface area (Å²) in [4.78, 5) is 15.7. The standard InChI is InChI=1S/C16H25N3O3S2/c1-12-7-8-15(23-12)24(21,22)19-10-4-6-14(19)16(20)18-9-3-5-13(11-18)17-2/h7-8,13-14,17H,3-6,9-11H2,1-2H3. The molecule has 3 heterocycles. The lowest BCUT2D eigenvalue weighted by molar-refractivity contribution is -0.136. The number of rotatable bonds is 4. The molecule has 2 unspecified atom stereocenters. The van der Waals surface area contributed by atoms with E-state index in [1.54, 1.807) is 6.07 Å². The molecule has 134 valence electrons. The SMILES string of the molecule is CNC1CCCN(C(=O)C2CCCN2S(=O)(=O)c2ccc(C)s2)C1. The number of amides is 1. The molecule has 0 saturated carbocycles. The summed E-state index contributed by atoms with van der Waals surface area (Å²) in [5.74, 6) is -0.0377. The number of likely N-dealkylation sites (N-methyl/N-ethyl adjacent to an activating group) is 1. The van der Waals surface area contributed by atoms with Gasteiger partial charge in [-0.1, -0.05) is 0 Å². The molecule has 0 radical (unpaired) electrons. The summed E-state index contributed by atoms with van der Waals surface area (Å²) in [6, 6.07) is 3.21. The minimum atomic E-state index is -3.58. The van der Waals surface area contributed by atoms with E-state index in [0.29, 0.717) is 29.8 Å². The molecule has 0 spiro atoms. The zero-order valence-electron chi connectivity index (χ0n) is 14.2. The van der Waals surface area contributed by atoms with Gasteiger partial charge in [0, 0.05) is 30.6 Å². The molecule has 0 aliphatic carbocycles. The molecule has 6 nitrogen and oxygen atoms in total. The Kier molecular flexibility index (Phi) is 5.29. The van der Waals surface area contributed by atoms with Crippen LogP contribution < -0.4 is 5.32 Å². The number of carbonyl (C=O) groups excluding carboxylic acids is 1. The van der Waals surface area contributed by atoms with E-state index in [0.717, 1.165) is 30.7 Å². The fraction of sp³-hybridized carbons (Fsp3) is 0.688. The van der Waals surface area contributed by atoms with Gasteiger partial charge in [-0.25, -0.2) is 8.42 Å². The third kappa shape index (κ3) is 3.37. The first kappa shape index (κ1) is 17.8. The number of carbonyl (C=O) groups is 1. The molecular weight excluding hydrogens is 346 g/mol. The van der Waals surface area contributed by atoms with Gasteiger partial charge in [-0.15, -0.1) is 11.3 Å². The van der Waals surface area contributed by atoms with Crippen LogP contribution in [0.1, 0.15) is 30.6 Å². The minimum absolute atomic E-state index is 0.0377. The average Bonchev–Trinajstić information content (AvgIpc) is 3.23. The number of hydrogen-bond acceptors (Lipinski definition) is 5. The summed E-state index contributed by atoms with van der Waals surface area (Å²) in [6.45, 7) is 3.71. The van der Waals surface area contributed by atoms with Gasteiger partial charge in [-0.3, -0.25) is 4.79 Å². The lowest BCUT2D eigenvalue weighted by Crippen LogP contribution is -2.53. The first-order valence-corrected chi connectivity index (χ1v) is 10.7. The third-order valence-corrected chi connectivity index (χ3v) is 8.28. The van der Waals surface area contributed by atoms with Crippen molar-refractivity contribution in [3.05, 3.63) is 17.0 Å². The highest BCUT2D eigenvalue weighted by Crippen LogP contribution is 2.31. The van der Waals surface area contributed by atoms with Crippen molar-refractivity contribution in [1.82, 2.24) is 14.5 Å². The normalized spacial score (nSPS) is 26.0. The zero-order valence-corrected chi connectivity index (χ0v) is 15.8. The predicted octanol–water partition coefficient (Wildman–Crippen LogP) is 1.42. The Balaban J connectivity index is 1.79. The van der Waals surface area contributed by atoms with Crippen LogP contribution in [0.5, 0.6) is 0 Å². The monoisotopic (exact) mass is 371 g/mol. The molecular formula is C16H25N3O3S2. The van der Waals surface area contributed by atoms with Gasteiger partial charge in [0.25, 0.3) is 10.0 Å². The molecule has 2 atom stereocenters. The summed E-state index contributed by atoms with van der Waals surface area (Å²) >= 11 is 1.27. The van der Waals surface area contributed by atoms with Gasteiger partial charge in [0.15, 0.2) is 0 Å². The lowest BCUT2D eigenvalue weighted by Gasteiger charge is -2.35. The van der Waals surface area contributed by atoms with Gasteiger partial charge >= 0.3 is 0 Å². The number of sulfonamides is 1. The summed E-state index contributed by atoms with van der Waals surface area (Å²) in [7, 11) is -1.67. The van der Waals surface area contributed by atoms with Crippen LogP contribution in [0.15, 0.2) is 16.3 Å². The Hall–Kier alpha value is -0.960. The maximum absolute atomic E-state index is 13.0. The lowest BCUT2D eigenvalue weighted by atomic mass is 10.0. The molecule has 2 aliphatic heterocycles. The van der Waals surface area contributed by atoms with Crippen molar-refractivity contribution in [2.45, 2.75) is 48.9 Å². The highest BCUT2D eigenvalue weighted by atomic mass is 32.2. The molecule has 24 heavy (non-hydrogen) atoms. The quantitative estimate of drug-likeness (QED) is 0.869. The number of hydrogen-bond donors (Lipinski definition) is 1. The van der Waals surface area contributed by atoms with Crippen molar-refractivity contribution < 1.29 is 13.2 Å². The van der Waals surface area contributed by atoms with E-state index >= 15 is 0 Å². The van der Waals surface area contributed by atoms with Crippen molar-refractivity contribution in [3.8, 4) is 0 Å². The van der Waals surface area contributed by atoms with E-state index in [1.807, 2.05) is 24.9 Å². The average molecular weight is 372 g/mol.